The lowest BCUT2D eigenvalue weighted by molar-refractivity contribution is 0.0954. The van der Waals surface area contributed by atoms with Crippen molar-refractivity contribution in [3.8, 4) is 0 Å². The molecule has 0 bridgehead atoms. The van der Waals surface area contributed by atoms with Crippen molar-refractivity contribution in [2.75, 3.05) is 23.7 Å². The molecule has 0 radical (unpaired) electrons. The number of aromatic nitrogens is 2. The van der Waals surface area contributed by atoms with Crippen molar-refractivity contribution in [1.82, 2.24) is 20.8 Å². The number of sulfonamides is 1. The van der Waals surface area contributed by atoms with Gasteiger partial charge in [0.05, 0.1) is 34.4 Å². The Morgan fingerprint density at radius 1 is 0.711 bits per heavy atom. The van der Waals surface area contributed by atoms with E-state index < -0.39 is 21.8 Å². The minimum atomic E-state index is -4.18. The maximum Gasteiger partial charge on any atom is 0.271 e. The Bertz CT molecular complexity index is 1930. The van der Waals surface area contributed by atoms with Crippen LogP contribution in [0, 0.1) is 0 Å². The van der Waals surface area contributed by atoms with E-state index in [1.165, 1.54) is 36.7 Å². The van der Waals surface area contributed by atoms with Gasteiger partial charge in [-0.15, -0.1) is 0 Å². The molecule has 12 nitrogen and oxygen atoms in total. The summed E-state index contributed by atoms with van der Waals surface area (Å²) < 4.78 is 30.0. The van der Waals surface area contributed by atoms with Gasteiger partial charge in [0.25, 0.3) is 21.8 Å². The summed E-state index contributed by atoms with van der Waals surface area (Å²) in [6, 6.07) is 24.7. The van der Waals surface area contributed by atoms with E-state index in [1.54, 1.807) is 67.0 Å². The Balaban J connectivity index is 1.47. The molecule has 0 unspecified atom stereocenters. The summed E-state index contributed by atoms with van der Waals surface area (Å²) in [4.78, 5) is 36.3. The number of amides is 2. The Labute approximate surface area is 259 Å². The number of nitrogens with zero attached hydrogens (tertiary/aromatic N) is 5. The highest BCUT2D eigenvalue weighted by molar-refractivity contribution is 7.93. The molecule has 0 saturated carbocycles. The molecule has 13 heteroatoms. The van der Waals surface area contributed by atoms with E-state index in [9.17, 15) is 18.0 Å². The van der Waals surface area contributed by atoms with Crippen molar-refractivity contribution in [3.05, 3.63) is 126 Å². The third kappa shape index (κ3) is 7.53. The van der Waals surface area contributed by atoms with Crippen LogP contribution in [0.1, 0.15) is 32.1 Å². The summed E-state index contributed by atoms with van der Waals surface area (Å²) in [6.45, 7) is 0. The number of anilines is 2. The van der Waals surface area contributed by atoms with Crippen molar-refractivity contribution in [2.45, 2.75) is 4.90 Å². The number of carbonyl (C=O) groups excluding carboxylic acids is 2. The van der Waals surface area contributed by atoms with Crippen molar-refractivity contribution in [1.29, 1.82) is 0 Å². The third-order valence-corrected chi connectivity index (χ3v) is 7.88. The molecule has 0 atom stereocenters. The zero-order valence-electron chi connectivity index (χ0n) is 24.2. The first-order valence-corrected chi connectivity index (χ1v) is 15.1. The van der Waals surface area contributed by atoms with E-state index in [1.807, 2.05) is 31.1 Å². The second-order valence-corrected chi connectivity index (χ2v) is 11.5. The fourth-order valence-electron chi connectivity index (χ4n) is 4.40. The number of fused-ring (bicyclic) bond motifs is 1. The van der Waals surface area contributed by atoms with Gasteiger partial charge in [0, 0.05) is 54.1 Å². The predicted molar refractivity (Wildman–Crippen MR) is 174 cm³/mol. The molecule has 0 aliphatic heterocycles. The maximum atomic E-state index is 13.7. The summed E-state index contributed by atoms with van der Waals surface area (Å²) in [7, 11) is -0.435. The minimum Gasteiger partial charge on any atom is -0.377 e. The average Bonchev–Trinajstić information content (AvgIpc) is 3.04. The van der Waals surface area contributed by atoms with E-state index in [-0.39, 0.29) is 21.7 Å². The summed E-state index contributed by atoms with van der Waals surface area (Å²) >= 11 is 0. The van der Waals surface area contributed by atoms with Crippen LogP contribution in [0.3, 0.4) is 0 Å². The normalized spacial score (nSPS) is 11.5. The molecular formula is C32H28N8O4S. The highest BCUT2D eigenvalue weighted by Crippen LogP contribution is 2.31. The summed E-state index contributed by atoms with van der Waals surface area (Å²) in [5.74, 6) is -1.37. The molecule has 3 N–H and O–H groups in total. The first-order valence-electron chi connectivity index (χ1n) is 13.6. The fraction of sp³-hybridized carbons (Fsp3) is 0.0625. The number of rotatable bonds is 10. The first-order chi connectivity index (χ1) is 21.7. The van der Waals surface area contributed by atoms with E-state index in [0.717, 1.165) is 11.1 Å². The number of hydrogen-bond donors (Lipinski definition) is 3. The predicted octanol–water partition coefficient (Wildman–Crippen LogP) is 4.02. The van der Waals surface area contributed by atoms with Gasteiger partial charge in [-0.25, -0.2) is 19.3 Å². The maximum absolute atomic E-state index is 13.7. The van der Waals surface area contributed by atoms with E-state index in [4.69, 9.17) is 0 Å². The number of nitrogens with one attached hydrogen (secondary N) is 3. The molecule has 0 aliphatic carbocycles. The van der Waals surface area contributed by atoms with Crippen molar-refractivity contribution >= 4 is 56.4 Å². The van der Waals surface area contributed by atoms with Gasteiger partial charge in [-0.2, -0.15) is 10.2 Å². The SMILES string of the molecule is CN(C)c1cccc2c(S(=O)(=O)Nc3cc(C(=O)N/N=C/c4ccccn4)cc(C(=O)N/N=C/c4ccccn4)c3)cccc12. The molecule has 2 heterocycles. The fourth-order valence-corrected chi connectivity index (χ4v) is 5.66. The van der Waals surface area contributed by atoms with Gasteiger partial charge in [-0.05, 0) is 54.6 Å². The highest BCUT2D eigenvalue weighted by Gasteiger charge is 2.21. The molecule has 5 rings (SSSR count). The molecular weight excluding hydrogens is 592 g/mol. The van der Waals surface area contributed by atoms with Crippen LogP contribution in [0.15, 0.2) is 118 Å². The number of hydrazone groups is 2. The Morgan fingerprint density at radius 2 is 1.27 bits per heavy atom. The quantitative estimate of drug-likeness (QED) is 0.157. The molecule has 226 valence electrons. The van der Waals surface area contributed by atoms with Crippen LogP contribution in [0.2, 0.25) is 0 Å². The van der Waals surface area contributed by atoms with Gasteiger partial charge in [0.15, 0.2) is 0 Å². The molecule has 0 spiro atoms. The molecule has 0 aliphatic rings. The second-order valence-electron chi connectivity index (χ2n) is 9.83. The van der Waals surface area contributed by atoms with E-state index in [0.29, 0.717) is 16.8 Å². The zero-order valence-corrected chi connectivity index (χ0v) is 25.1. The lowest BCUT2D eigenvalue weighted by Crippen LogP contribution is -2.22. The Kier molecular flexibility index (Phi) is 9.20. The molecule has 0 fully saturated rings. The second kappa shape index (κ2) is 13.6. The Morgan fingerprint density at radius 3 is 1.80 bits per heavy atom. The number of pyridine rings is 2. The van der Waals surface area contributed by atoms with Gasteiger partial charge in [0.1, 0.15) is 0 Å². The molecule has 3 aromatic carbocycles. The van der Waals surface area contributed by atoms with Gasteiger partial charge in [-0.1, -0.05) is 36.4 Å². The van der Waals surface area contributed by atoms with Gasteiger partial charge >= 0.3 is 0 Å². The standard InChI is InChI=1S/C32H28N8O4S/c1-40(2)29-13-7-12-28-27(29)11-8-14-30(28)45(43,44)39-26-18-22(31(41)37-35-20-24-9-3-5-15-33-24)17-23(19-26)32(42)38-36-21-25-10-4-6-16-34-25/h3-21,39H,1-2H3,(H,37,41)(H,38,42)/b35-20+,36-21+. The topological polar surface area (TPSA) is 158 Å². The minimum absolute atomic E-state index is 0.0176. The summed E-state index contributed by atoms with van der Waals surface area (Å²) in [6.07, 6.45) is 5.87. The van der Waals surface area contributed by atoms with Crippen LogP contribution >= 0.6 is 0 Å². The lowest BCUT2D eigenvalue weighted by atomic mass is 10.1. The van der Waals surface area contributed by atoms with Crippen LogP contribution in [-0.4, -0.2) is 56.7 Å². The molecule has 2 amide bonds. The van der Waals surface area contributed by atoms with E-state index in [2.05, 4.69) is 35.7 Å². The highest BCUT2D eigenvalue weighted by atomic mass is 32.2. The molecule has 2 aromatic heterocycles. The lowest BCUT2D eigenvalue weighted by Gasteiger charge is -2.17. The van der Waals surface area contributed by atoms with Gasteiger partial charge in [0.2, 0.25) is 0 Å². The summed E-state index contributed by atoms with van der Waals surface area (Å²) in [5, 5.41) is 9.10. The van der Waals surface area contributed by atoms with Crippen molar-refractivity contribution < 1.29 is 18.0 Å². The number of hydrogen-bond acceptors (Lipinski definition) is 9. The monoisotopic (exact) mass is 620 g/mol. The first kappa shape index (κ1) is 30.5. The summed E-state index contributed by atoms with van der Waals surface area (Å²) in [5.41, 5.74) is 6.56. The van der Waals surface area contributed by atoms with Crippen LogP contribution in [0.4, 0.5) is 11.4 Å². The molecule has 0 saturated heterocycles. The smallest absolute Gasteiger partial charge is 0.271 e. The largest absolute Gasteiger partial charge is 0.377 e. The van der Waals surface area contributed by atoms with Crippen LogP contribution in [-0.2, 0) is 10.0 Å². The van der Waals surface area contributed by atoms with Crippen molar-refractivity contribution in [3.63, 3.8) is 0 Å². The van der Waals surface area contributed by atoms with Crippen molar-refractivity contribution in [2.24, 2.45) is 10.2 Å². The zero-order chi connectivity index (χ0) is 31.8. The van der Waals surface area contributed by atoms with Gasteiger partial charge < -0.3 is 4.90 Å². The van der Waals surface area contributed by atoms with Crippen LogP contribution in [0.5, 0.6) is 0 Å². The Hall–Kier alpha value is -5.95. The average molecular weight is 621 g/mol. The van der Waals surface area contributed by atoms with Crippen LogP contribution < -0.4 is 20.5 Å². The molecule has 45 heavy (non-hydrogen) atoms. The van der Waals surface area contributed by atoms with Gasteiger partial charge in [-0.3, -0.25) is 24.3 Å². The molecule has 5 aromatic rings. The third-order valence-electron chi connectivity index (χ3n) is 6.44. The number of carbonyl (C=O) groups is 2. The van der Waals surface area contributed by atoms with Crippen LogP contribution in [0.25, 0.3) is 10.8 Å². The number of benzene rings is 3. The van der Waals surface area contributed by atoms with E-state index >= 15 is 0 Å².